The van der Waals surface area contributed by atoms with Crippen molar-refractivity contribution < 1.29 is 9.13 Å². The van der Waals surface area contributed by atoms with Gasteiger partial charge in [-0.15, -0.1) is 0 Å². The van der Waals surface area contributed by atoms with Crippen molar-refractivity contribution >= 4 is 0 Å². The van der Waals surface area contributed by atoms with Crippen LogP contribution in [0.2, 0.25) is 0 Å². The molecule has 0 heterocycles. The van der Waals surface area contributed by atoms with E-state index in [4.69, 9.17) is 4.74 Å². The molecule has 108 valence electrons. The maximum absolute atomic E-state index is 12.9. The summed E-state index contributed by atoms with van der Waals surface area (Å²) in [4.78, 5) is 0. The smallest absolute Gasteiger partial charge is 0.123 e. The summed E-state index contributed by atoms with van der Waals surface area (Å²) in [6.45, 7) is 2.56. The van der Waals surface area contributed by atoms with Crippen LogP contribution < -0.4 is 4.74 Å². The van der Waals surface area contributed by atoms with Crippen LogP contribution in [0, 0.1) is 17.1 Å². The van der Waals surface area contributed by atoms with Gasteiger partial charge in [0.2, 0.25) is 0 Å². The second kappa shape index (κ2) is 7.44. The van der Waals surface area contributed by atoms with Crippen LogP contribution in [0.3, 0.4) is 0 Å². The minimum Gasteiger partial charge on any atom is -0.494 e. The van der Waals surface area contributed by atoms with E-state index in [-0.39, 0.29) is 11.7 Å². The fourth-order valence-corrected chi connectivity index (χ4v) is 2.15. The Morgan fingerprint density at radius 3 is 2.62 bits per heavy atom. The summed E-state index contributed by atoms with van der Waals surface area (Å²) in [7, 11) is 0. The first kappa shape index (κ1) is 15.1. The molecule has 0 radical (unpaired) electrons. The molecule has 0 saturated carbocycles. The van der Waals surface area contributed by atoms with Crippen LogP contribution in [-0.2, 0) is 6.42 Å². The lowest BCUT2D eigenvalue weighted by molar-refractivity contribution is 0.305. The van der Waals surface area contributed by atoms with Gasteiger partial charge in [-0.25, -0.2) is 4.39 Å². The van der Waals surface area contributed by atoms with E-state index in [0.29, 0.717) is 13.0 Å². The minimum atomic E-state index is -0.289. The van der Waals surface area contributed by atoms with Gasteiger partial charge in [0.25, 0.3) is 0 Å². The SMILES string of the molecule is CCc1cccc(OCCC(C#N)c2ccc(F)cc2)c1. The Bertz CT molecular complexity index is 616. The molecule has 2 aromatic carbocycles. The monoisotopic (exact) mass is 283 g/mol. The van der Waals surface area contributed by atoms with Crippen LogP contribution in [-0.4, -0.2) is 6.61 Å². The summed E-state index contributed by atoms with van der Waals surface area (Å²) in [6, 6.07) is 16.3. The standard InChI is InChI=1S/C18H18FNO/c1-2-14-4-3-5-18(12-14)21-11-10-16(13-20)15-6-8-17(19)9-7-15/h3-9,12,16H,2,10-11H2,1H3. The molecule has 0 aromatic heterocycles. The van der Waals surface area contributed by atoms with Crippen LogP contribution in [0.4, 0.5) is 4.39 Å². The molecular weight excluding hydrogens is 265 g/mol. The first-order valence-electron chi connectivity index (χ1n) is 7.09. The average Bonchev–Trinajstić information content (AvgIpc) is 2.53. The zero-order valence-electron chi connectivity index (χ0n) is 12.1. The normalized spacial score (nSPS) is 11.7. The maximum Gasteiger partial charge on any atom is 0.123 e. The molecule has 0 aliphatic rings. The Morgan fingerprint density at radius 1 is 1.19 bits per heavy atom. The molecule has 0 aliphatic carbocycles. The number of hydrogen-bond acceptors (Lipinski definition) is 2. The predicted molar refractivity (Wildman–Crippen MR) is 80.7 cm³/mol. The summed E-state index contributed by atoms with van der Waals surface area (Å²) in [5.41, 5.74) is 2.05. The summed E-state index contributed by atoms with van der Waals surface area (Å²) in [5.74, 6) is 0.258. The van der Waals surface area contributed by atoms with Gasteiger partial charge in [0.05, 0.1) is 18.6 Å². The molecule has 0 fully saturated rings. The van der Waals surface area contributed by atoms with Gasteiger partial charge in [-0.2, -0.15) is 5.26 Å². The number of hydrogen-bond donors (Lipinski definition) is 0. The fraction of sp³-hybridized carbons (Fsp3) is 0.278. The third-order valence-electron chi connectivity index (χ3n) is 3.41. The largest absolute Gasteiger partial charge is 0.494 e. The average molecular weight is 283 g/mol. The van der Waals surface area contributed by atoms with E-state index in [1.54, 1.807) is 12.1 Å². The quantitative estimate of drug-likeness (QED) is 0.784. The van der Waals surface area contributed by atoms with Gasteiger partial charge in [-0.05, 0) is 41.8 Å². The molecule has 21 heavy (non-hydrogen) atoms. The molecule has 0 saturated heterocycles. The highest BCUT2D eigenvalue weighted by atomic mass is 19.1. The van der Waals surface area contributed by atoms with E-state index in [1.165, 1.54) is 17.7 Å². The molecule has 0 amide bonds. The molecular formula is C18H18FNO. The Hall–Kier alpha value is -2.34. The van der Waals surface area contributed by atoms with Crippen LogP contribution in [0.25, 0.3) is 0 Å². The number of rotatable bonds is 6. The second-order valence-electron chi connectivity index (χ2n) is 4.87. The van der Waals surface area contributed by atoms with Crippen molar-refractivity contribution in [2.45, 2.75) is 25.7 Å². The van der Waals surface area contributed by atoms with Gasteiger partial charge in [-0.3, -0.25) is 0 Å². The molecule has 2 aromatic rings. The number of benzene rings is 2. The summed E-state index contributed by atoms with van der Waals surface area (Å²) in [5, 5.41) is 9.23. The van der Waals surface area contributed by atoms with E-state index in [0.717, 1.165) is 17.7 Å². The van der Waals surface area contributed by atoms with Crippen molar-refractivity contribution in [1.82, 2.24) is 0 Å². The molecule has 0 N–H and O–H groups in total. The van der Waals surface area contributed by atoms with Gasteiger partial charge in [0.1, 0.15) is 11.6 Å². The first-order chi connectivity index (χ1) is 10.2. The van der Waals surface area contributed by atoms with Gasteiger partial charge >= 0.3 is 0 Å². The minimum absolute atomic E-state index is 0.278. The number of aryl methyl sites for hydroxylation is 1. The van der Waals surface area contributed by atoms with Gasteiger partial charge in [0, 0.05) is 6.42 Å². The molecule has 2 rings (SSSR count). The lowest BCUT2D eigenvalue weighted by Crippen LogP contribution is -2.04. The molecule has 0 bridgehead atoms. The van der Waals surface area contributed by atoms with Crippen molar-refractivity contribution in [3.8, 4) is 11.8 Å². The molecule has 2 nitrogen and oxygen atoms in total. The van der Waals surface area contributed by atoms with Crippen molar-refractivity contribution in [3.63, 3.8) is 0 Å². The highest BCUT2D eigenvalue weighted by molar-refractivity contribution is 5.29. The summed E-state index contributed by atoms with van der Waals surface area (Å²) in [6.07, 6.45) is 1.55. The van der Waals surface area contributed by atoms with E-state index < -0.39 is 0 Å². The molecule has 1 atom stereocenters. The molecule has 3 heteroatoms. The predicted octanol–water partition coefficient (Wildman–Crippen LogP) is 4.46. The third-order valence-corrected chi connectivity index (χ3v) is 3.41. The lowest BCUT2D eigenvalue weighted by Gasteiger charge is -2.11. The Balaban J connectivity index is 1.91. The van der Waals surface area contributed by atoms with Gasteiger partial charge in [0.15, 0.2) is 0 Å². The Morgan fingerprint density at radius 2 is 1.95 bits per heavy atom. The Labute approximate surface area is 124 Å². The van der Waals surface area contributed by atoms with E-state index in [9.17, 15) is 9.65 Å². The zero-order valence-corrected chi connectivity index (χ0v) is 12.1. The number of nitriles is 1. The maximum atomic E-state index is 12.9. The summed E-state index contributed by atoms with van der Waals surface area (Å²) < 4.78 is 18.6. The highest BCUT2D eigenvalue weighted by Crippen LogP contribution is 2.20. The van der Waals surface area contributed by atoms with Gasteiger partial charge in [-0.1, -0.05) is 31.2 Å². The second-order valence-corrected chi connectivity index (χ2v) is 4.87. The summed E-state index contributed by atoms with van der Waals surface area (Å²) >= 11 is 0. The molecule has 0 spiro atoms. The Kier molecular flexibility index (Phi) is 5.34. The number of nitrogens with zero attached hydrogens (tertiary/aromatic N) is 1. The van der Waals surface area contributed by atoms with Crippen molar-refractivity contribution in [2.24, 2.45) is 0 Å². The third kappa shape index (κ3) is 4.32. The first-order valence-corrected chi connectivity index (χ1v) is 7.09. The van der Waals surface area contributed by atoms with Crippen LogP contribution >= 0.6 is 0 Å². The molecule has 0 aliphatic heterocycles. The fourth-order valence-electron chi connectivity index (χ4n) is 2.15. The number of ether oxygens (including phenoxy) is 1. The van der Waals surface area contributed by atoms with Gasteiger partial charge < -0.3 is 4.74 Å². The van der Waals surface area contributed by atoms with E-state index in [1.807, 2.05) is 18.2 Å². The van der Waals surface area contributed by atoms with Crippen LogP contribution in [0.1, 0.15) is 30.4 Å². The molecule has 1 unspecified atom stereocenters. The van der Waals surface area contributed by atoms with Crippen LogP contribution in [0.15, 0.2) is 48.5 Å². The van der Waals surface area contributed by atoms with E-state index >= 15 is 0 Å². The highest BCUT2D eigenvalue weighted by Gasteiger charge is 2.11. The topological polar surface area (TPSA) is 33.0 Å². The van der Waals surface area contributed by atoms with Crippen molar-refractivity contribution in [3.05, 3.63) is 65.5 Å². The van der Waals surface area contributed by atoms with Crippen LogP contribution in [0.5, 0.6) is 5.75 Å². The zero-order chi connectivity index (χ0) is 15.1. The van der Waals surface area contributed by atoms with Crippen molar-refractivity contribution in [2.75, 3.05) is 6.61 Å². The lowest BCUT2D eigenvalue weighted by atomic mass is 9.98. The number of halogens is 1. The van der Waals surface area contributed by atoms with E-state index in [2.05, 4.69) is 19.1 Å². The van der Waals surface area contributed by atoms with Crippen molar-refractivity contribution in [1.29, 1.82) is 5.26 Å².